The minimum absolute atomic E-state index is 0.133. The smallest absolute Gasteiger partial charge is 0.264 e. The lowest BCUT2D eigenvalue weighted by Gasteiger charge is -2.14. The van der Waals surface area contributed by atoms with E-state index in [0.717, 1.165) is 10.9 Å². The van der Waals surface area contributed by atoms with E-state index in [1.54, 1.807) is 24.3 Å². The normalized spacial score (nSPS) is 10.9. The molecule has 0 spiro atoms. The van der Waals surface area contributed by atoms with Crippen molar-refractivity contribution in [2.24, 2.45) is 0 Å². The van der Waals surface area contributed by atoms with Crippen molar-refractivity contribution in [3.8, 4) is 5.69 Å². The third-order valence-corrected chi connectivity index (χ3v) is 3.60. The Hall–Kier alpha value is -2.26. The van der Waals surface area contributed by atoms with E-state index in [1.165, 1.54) is 4.57 Å². The van der Waals surface area contributed by atoms with Crippen LogP contribution in [0.1, 0.15) is 5.56 Å². The van der Waals surface area contributed by atoms with E-state index >= 15 is 0 Å². The van der Waals surface area contributed by atoms with Crippen molar-refractivity contribution in [3.05, 3.63) is 69.5 Å². The van der Waals surface area contributed by atoms with Crippen LogP contribution in [0.25, 0.3) is 16.5 Å². The standard InChI is InChI=1S/C16H13ClN2O/c1-10-6-7-12(17)9-14(10)19-15(18)8-11-4-2-3-5-13(11)16(19)20/h2-9H,18H2,1H3. The summed E-state index contributed by atoms with van der Waals surface area (Å²) in [5.41, 5.74) is 7.58. The molecule has 4 heteroatoms. The Morgan fingerprint density at radius 2 is 1.85 bits per heavy atom. The zero-order valence-electron chi connectivity index (χ0n) is 10.9. The molecule has 0 fully saturated rings. The average Bonchev–Trinajstić information content (AvgIpc) is 2.42. The van der Waals surface area contributed by atoms with Crippen LogP contribution in [0.15, 0.2) is 53.3 Å². The van der Waals surface area contributed by atoms with Crippen LogP contribution in [0.3, 0.4) is 0 Å². The van der Waals surface area contributed by atoms with E-state index < -0.39 is 0 Å². The fourth-order valence-corrected chi connectivity index (χ4v) is 2.52. The van der Waals surface area contributed by atoms with Gasteiger partial charge in [-0.1, -0.05) is 35.9 Å². The molecule has 0 amide bonds. The summed E-state index contributed by atoms with van der Waals surface area (Å²) in [4.78, 5) is 12.7. The highest BCUT2D eigenvalue weighted by Crippen LogP contribution is 2.22. The molecule has 0 atom stereocenters. The monoisotopic (exact) mass is 284 g/mol. The van der Waals surface area contributed by atoms with Crippen LogP contribution in [0.2, 0.25) is 5.02 Å². The molecule has 3 rings (SSSR count). The predicted octanol–water partition coefficient (Wildman–Crippen LogP) is 3.53. The summed E-state index contributed by atoms with van der Waals surface area (Å²) in [7, 11) is 0. The van der Waals surface area contributed by atoms with Gasteiger partial charge in [-0.15, -0.1) is 0 Å². The molecular weight excluding hydrogens is 272 g/mol. The average molecular weight is 285 g/mol. The topological polar surface area (TPSA) is 48.0 Å². The molecule has 0 aliphatic rings. The van der Waals surface area contributed by atoms with Crippen molar-refractivity contribution in [2.75, 3.05) is 5.73 Å². The first kappa shape index (κ1) is 12.8. The summed E-state index contributed by atoms with van der Waals surface area (Å²) < 4.78 is 1.50. The minimum atomic E-state index is -0.133. The van der Waals surface area contributed by atoms with Gasteiger partial charge in [0.15, 0.2) is 0 Å². The van der Waals surface area contributed by atoms with E-state index in [9.17, 15) is 4.79 Å². The van der Waals surface area contributed by atoms with E-state index in [-0.39, 0.29) is 5.56 Å². The van der Waals surface area contributed by atoms with Gasteiger partial charge < -0.3 is 5.73 Å². The second kappa shape index (κ2) is 4.69. The first-order chi connectivity index (χ1) is 9.58. The molecule has 0 saturated carbocycles. The van der Waals surface area contributed by atoms with Crippen LogP contribution < -0.4 is 11.3 Å². The number of nitrogens with two attached hydrogens (primary N) is 1. The number of benzene rings is 2. The number of hydrogen-bond donors (Lipinski definition) is 1. The van der Waals surface area contributed by atoms with Crippen molar-refractivity contribution < 1.29 is 0 Å². The largest absolute Gasteiger partial charge is 0.385 e. The second-order valence-electron chi connectivity index (χ2n) is 4.73. The molecule has 3 nitrogen and oxygen atoms in total. The number of pyridine rings is 1. The van der Waals surface area contributed by atoms with Gasteiger partial charge in [0, 0.05) is 10.4 Å². The molecule has 0 aliphatic carbocycles. The number of nitrogens with zero attached hydrogens (tertiary/aromatic N) is 1. The number of halogens is 1. The van der Waals surface area contributed by atoms with Crippen molar-refractivity contribution in [1.82, 2.24) is 4.57 Å². The summed E-state index contributed by atoms with van der Waals surface area (Å²) in [5, 5.41) is 2.05. The van der Waals surface area contributed by atoms with Crippen molar-refractivity contribution in [2.45, 2.75) is 6.92 Å². The lowest BCUT2D eigenvalue weighted by molar-refractivity contribution is 1.01. The maximum Gasteiger partial charge on any atom is 0.264 e. The molecule has 0 unspecified atom stereocenters. The highest BCUT2D eigenvalue weighted by Gasteiger charge is 2.11. The van der Waals surface area contributed by atoms with Crippen LogP contribution in [0.4, 0.5) is 5.82 Å². The summed E-state index contributed by atoms with van der Waals surface area (Å²) in [5.74, 6) is 0.402. The lowest BCUT2D eigenvalue weighted by atomic mass is 10.1. The van der Waals surface area contributed by atoms with Crippen molar-refractivity contribution in [1.29, 1.82) is 0 Å². The third kappa shape index (κ3) is 1.96. The van der Waals surface area contributed by atoms with E-state index in [4.69, 9.17) is 17.3 Å². The summed E-state index contributed by atoms with van der Waals surface area (Å²) in [6.07, 6.45) is 0. The molecule has 1 heterocycles. The van der Waals surface area contributed by atoms with Crippen molar-refractivity contribution >= 4 is 28.2 Å². The van der Waals surface area contributed by atoms with Gasteiger partial charge in [0.2, 0.25) is 0 Å². The quantitative estimate of drug-likeness (QED) is 0.743. The summed E-state index contributed by atoms with van der Waals surface area (Å²) in [6, 6.07) is 14.6. The number of rotatable bonds is 1. The molecule has 0 bridgehead atoms. The van der Waals surface area contributed by atoms with Crippen LogP contribution in [-0.4, -0.2) is 4.57 Å². The SMILES string of the molecule is Cc1ccc(Cl)cc1-n1c(N)cc2ccccc2c1=O. The number of aryl methyl sites for hydroxylation is 1. The first-order valence-corrected chi connectivity index (χ1v) is 6.62. The highest BCUT2D eigenvalue weighted by atomic mass is 35.5. The van der Waals surface area contributed by atoms with E-state index in [0.29, 0.717) is 21.9 Å². The van der Waals surface area contributed by atoms with Gasteiger partial charge in [-0.3, -0.25) is 9.36 Å². The maximum absolute atomic E-state index is 12.7. The van der Waals surface area contributed by atoms with Gasteiger partial charge in [-0.2, -0.15) is 0 Å². The Bertz CT molecular complexity index is 868. The molecule has 20 heavy (non-hydrogen) atoms. The Morgan fingerprint density at radius 1 is 1.10 bits per heavy atom. The van der Waals surface area contributed by atoms with Gasteiger partial charge >= 0.3 is 0 Å². The first-order valence-electron chi connectivity index (χ1n) is 6.25. The van der Waals surface area contributed by atoms with Gasteiger partial charge in [-0.25, -0.2) is 0 Å². The van der Waals surface area contributed by atoms with Gasteiger partial charge in [-0.05, 0) is 42.1 Å². The minimum Gasteiger partial charge on any atom is -0.385 e. The van der Waals surface area contributed by atoms with Crippen LogP contribution in [0, 0.1) is 6.92 Å². The molecule has 2 aromatic carbocycles. The zero-order chi connectivity index (χ0) is 14.3. The Balaban J connectivity index is 2.42. The Labute approximate surface area is 121 Å². The highest BCUT2D eigenvalue weighted by molar-refractivity contribution is 6.30. The number of anilines is 1. The third-order valence-electron chi connectivity index (χ3n) is 3.37. The Morgan fingerprint density at radius 3 is 2.65 bits per heavy atom. The zero-order valence-corrected chi connectivity index (χ0v) is 11.7. The molecule has 2 N–H and O–H groups in total. The number of nitrogen functional groups attached to an aromatic ring is 1. The number of hydrogen-bond acceptors (Lipinski definition) is 2. The maximum atomic E-state index is 12.7. The number of fused-ring (bicyclic) bond motifs is 1. The summed E-state index contributed by atoms with van der Waals surface area (Å²) in [6.45, 7) is 1.92. The van der Waals surface area contributed by atoms with Gasteiger partial charge in [0.05, 0.1) is 5.69 Å². The van der Waals surface area contributed by atoms with E-state index in [1.807, 2.05) is 31.2 Å². The second-order valence-corrected chi connectivity index (χ2v) is 5.16. The molecule has 0 radical (unpaired) electrons. The van der Waals surface area contributed by atoms with Crippen molar-refractivity contribution in [3.63, 3.8) is 0 Å². The van der Waals surface area contributed by atoms with Crippen LogP contribution in [-0.2, 0) is 0 Å². The van der Waals surface area contributed by atoms with Crippen LogP contribution in [0.5, 0.6) is 0 Å². The fourth-order valence-electron chi connectivity index (χ4n) is 2.35. The van der Waals surface area contributed by atoms with Crippen LogP contribution >= 0.6 is 11.6 Å². The lowest BCUT2D eigenvalue weighted by Crippen LogP contribution is -2.22. The Kier molecular flexibility index (Phi) is 2.99. The van der Waals surface area contributed by atoms with Gasteiger partial charge in [0.25, 0.3) is 5.56 Å². The molecule has 0 aliphatic heterocycles. The fraction of sp³-hybridized carbons (Fsp3) is 0.0625. The molecular formula is C16H13ClN2O. The summed E-state index contributed by atoms with van der Waals surface area (Å²) >= 11 is 6.03. The molecule has 1 aromatic heterocycles. The van der Waals surface area contributed by atoms with Gasteiger partial charge in [0.1, 0.15) is 5.82 Å². The molecule has 100 valence electrons. The molecule has 0 saturated heterocycles. The number of aromatic nitrogens is 1. The molecule has 3 aromatic rings. The predicted molar refractivity (Wildman–Crippen MR) is 83.7 cm³/mol. The van der Waals surface area contributed by atoms with E-state index in [2.05, 4.69) is 0 Å².